The third kappa shape index (κ3) is 7.79. The number of carbonyl (C=O) groups excluding carboxylic acids is 2. The van der Waals surface area contributed by atoms with Gasteiger partial charge in [0.15, 0.2) is 0 Å². The van der Waals surface area contributed by atoms with Crippen molar-refractivity contribution in [2.45, 2.75) is 13.3 Å². The van der Waals surface area contributed by atoms with Crippen molar-refractivity contribution in [3.8, 4) is 11.5 Å². The number of anilines is 1. The summed E-state index contributed by atoms with van der Waals surface area (Å²) in [5, 5.41) is 6.51. The smallest absolute Gasteiger partial charge is 0.249 e. The highest BCUT2D eigenvalue weighted by Crippen LogP contribution is 2.25. The van der Waals surface area contributed by atoms with E-state index in [9.17, 15) is 9.59 Å². The van der Waals surface area contributed by atoms with Crippen LogP contribution >= 0.6 is 15.9 Å². The summed E-state index contributed by atoms with van der Waals surface area (Å²) in [5.41, 5.74) is 3.67. The van der Waals surface area contributed by atoms with E-state index in [0.717, 1.165) is 10.0 Å². The molecule has 0 unspecified atom stereocenters. The average Bonchev–Trinajstić information content (AvgIpc) is 2.69. The number of hydrogen-bond acceptors (Lipinski definition) is 5. The number of rotatable bonds is 10. The van der Waals surface area contributed by atoms with Gasteiger partial charge in [0.05, 0.1) is 17.3 Å². The number of carbonyl (C=O) groups is 2. The van der Waals surface area contributed by atoms with Gasteiger partial charge >= 0.3 is 0 Å². The molecule has 2 aromatic rings. The summed E-state index contributed by atoms with van der Waals surface area (Å²) in [5.74, 6) is 0.435. The molecule has 0 bridgehead atoms. The first-order valence-electron chi connectivity index (χ1n) is 8.89. The average molecular weight is 460 g/mol. The Morgan fingerprint density at radius 2 is 1.90 bits per heavy atom. The molecule has 0 heterocycles. The fraction of sp³-hybridized carbons (Fsp3) is 0.190. The molecule has 0 aliphatic heterocycles. The fourth-order valence-electron chi connectivity index (χ4n) is 2.23. The third-order valence-electron chi connectivity index (χ3n) is 3.49. The van der Waals surface area contributed by atoms with Crippen molar-refractivity contribution in [1.29, 1.82) is 0 Å². The first-order chi connectivity index (χ1) is 14.0. The van der Waals surface area contributed by atoms with Gasteiger partial charge < -0.3 is 14.8 Å². The van der Waals surface area contributed by atoms with Crippen LogP contribution in [0.15, 0.2) is 64.7 Å². The molecule has 0 aliphatic rings. The van der Waals surface area contributed by atoms with E-state index in [0.29, 0.717) is 30.4 Å². The zero-order valence-corrected chi connectivity index (χ0v) is 17.6. The van der Waals surface area contributed by atoms with Gasteiger partial charge in [-0.15, -0.1) is 0 Å². The number of nitrogens with zero attached hydrogens (tertiary/aromatic N) is 1. The fourth-order valence-corrected chi connectivity index (χ4v) is 2.74. The molecule has 0 saturated carbocycles. The van der Waals surface area contributed by atoms with Crippen LogP contribution in [0.3, 0.4) is 0 Å². The Morgan fingerprint density at radius 1 is 1.14 bits per heavy atom. The van der Waals surface area contributed by atoms with Crippen molar-refractivity contribution in [1.82, 2.24) is 5.43 Å². The molecule has 7 nitrogen and oxygen atoms in total. The number of benzene rings is 2. The van der Waals surface area contributed by atoms with E-state index in [4.69, 9.17) is 9.47 Å². The van der Waals surface area contributed by atoms with Crippen LogP contribution < -0.4 is 20.2 Å². The Hall–Kier alpha value is -3.13. The first kappa shape index (κ1) is 22.2. The quantitative estimate of drug-likeness (QED) is 0.244. The summed E-state index contributed by atoms with van der Waals surface area (Å²) in [6, 6.07) is 12.3. The minimum absolute atomic E-state index is 0.345. The molecular formula is C21H22BrN3O4. The van der Waals surface area contributed by atoms with E-state index in [2.05, 4.69) is 38.4 Å². The van der Waals surface area contributed by atoms with Gasteiger partial charge in [-0.25, -0.2) is 5.43 Å². The topological polar surface area (TPSA) is 89.0 Å². The largest absolute Gasteiger partial charge is 0.494 e. The van der Waals surface area contributed by atoms with Crippen LogP contribution in [0.1, 0.15) is 18.9 Å². The maximum absolute atomic E-state index is 12.0. The lowest BCUT2D eigenvalue weighted by molar-refractivity contribution is -0.126. The van der Waals surface area contributed by atoms with Gasteiger partial charge in [0, 0.05) is 5.69 Å². The molecule has 2 N–H and O–H groups in total. The SMILES string of the molecule is C=CCOc1ccc(C=NNC(=O)CC(=O)Nc2ccc(OCC)cc2)cc1Br. The zero-order valence-electron chi connectivity index (χ0n) is 16.0. The van der Waals surface area contributed by atoms with Gasteiger partial charge in [0.2, 0.25) is 11.8 Å². The van der Waals surface area contributed by atoms with Crippen molar-refractivity contribution >= 4 is 39.6 Å². The van der Waals surface area contributed by atoms with Crippen molar-refractivity contribution < 1.29 is 19.1 Å². The highest BCUT2D eigenvalue weighted by Gasteiger charge is 2.09. The van der Waals surface area contributed by atoms with Crippen molar-refractivity contribution in [2.75, 3.05) is 18.5 Å². The number of nitrogens with one attached hydrogen (secondary N) is 2. The zero-order chi connectivity index (χ0) is 21.1. The van der Waals surface area contributed by atoms with Crippen LogP contribution in [-0.2, 0) is 9.59 Å². The molecule has 0 spiro atoms. The summed E-state index contributed by atoms with van der Waals surface area (Å²) in [4.78, 5) is 23.8. The third-order valence-corrected chi connectivity index (χ3v) is 4.11. The van der Waals surface area contributed by atoms with Gasteiger partial charge in [-0.05, 0) is 70.9 Å². The molecule has 29 heavy (non-hydrogen) atoms. The second kappa shape index (κ2) is 11.7. The lowest BCUT2D eigenvalue weighted by Crippen LogP contribution is -2.24. The first-order valence-corrected chi connectivity index (χ1v) is 9.69. The summed E-state index contributed by atoms with van der Waals surface area (Å²) in [7, 11) is 0. The van der Waals surface area contributed by atoms with Crippen molar-refractivity contribution in [2.24, 2.45) is 5.10 Å². The van der Waals surface area contributed by atoms with Crippen LogP contribution in [0.5, 0.6) is 11.5 Å². The molecule has 0 radical (unpaired) electrons. The Kier molecular flexibility index (Phi) is 8.91. The lowest BCUT2D eigenvalue weighted by atomic mass is 10.2. The Balaban J connectivity index is 1.80. The minimum atomic E-state index is -0.519. The summed E-state index contributed by atoms with van der Waals surface area (Å²) < 4.78 is 11.6. The van der Waals surface area contributed by atoms with Crippen LogP contribution in [0, 0.1) is 0 Å². The number of hydrazone groups is 1. The Morgan fingerprint density at radius 3 is 2.55 bits per heavy atom. The standard InChI is InChI=1S/C21H22BrN3O4/c1-3-11-29-19-10-5-15(12-18(19)22)14-23-25-21(27)13-20(26)24-16-6-8-17(9-7-16)28-4-2/h3,5-10,12,14H,1,4,11,13H2,2H3,(H,24,26)(H,25,27). The number of ether oxygens (including phenoxy) is 2. The number of hydrogen-bond donors (Lipinski definition) is 2. The molecule has 0 atom stereocenters. The van der Waals surface area contributed by atoms with Gasteiger partial charge in [-0.2, -0.15) is 5.10 Å². The lowest BCUT2D eigenvalue weighted by Gasteiger charge is -2.07. The molecule has 0 aliphatic carbocycles. The number of halogens is 1. The predicted octanol–water partition coefficient (Wildman–Crippen LogP) is 3.89. The van der Waals surface area contributed by atoms with Crippen LogP contribution in [-0.4, -0.2) is 31.2 Å². The van der Waals surface area contributed by atoms with Gasteiger partial charge in [-0.3, -0.25) is 9.59 Å². The van der Waals surface area contributed by atoms with E-state index >= 15 is 0 Å². The van der Waals surface area contributed by atoms with E-state index in [-0.39, 0.29) is 6.42 Å². The van der Waals surface area contributed by atoms with Crippen LogP contribution in [0.2, 0.25) is 0 Å². The Labute approximate surface area is 177 Å². The summed E-state index contributed by atoms with van der Waals surface area (Å²) >= 11 is 3.41. The normalized spacial score (nSPS) is 10.4. The molecule has 0 fully saturated rings. The molecular weight excluding hydrogens is 438 g/mol. The maximum Gasteiger partial charge on any atom is 0.249 e. The van der Waals surface area contributed by atoms with Gasteiger partial charge in [0.1, 0.15) is 24.5 Å². The number of amides is 2. The minimum Gasteiger partial charge on any atom is -0.494 e. The predicted molar refractivity (Wildman–Crippen MR) is 116 cm³/mol. The maximum atomic E-state index is 12.0. The molecule has 2 amide bonds. The van der Waals surface area contributed by atoms with E-state index < -0.39 is 11.8 Å². The van der Waals surface area contributed by atoms with E-state index in [1.807, 2.05) is 6.92 Å². The summed E-state index contributed by atoms with van der Waals surface area (Å²) in [6.07, 6.45) is 2.79. The molecule has 2 rings (SSSR count). The van der Waals surface area contributed by atoms with Crippen LogP contribution in [0.25, 0.3) is 0 Å². The highest BCUT2D eigenvalue weighted by molar-refractivity contribution is 9.10. The monoisotopic (exact) mass is 459 g/mol. The second-order valence-corrected chi connectivity index (χ2v) is 6.62. The van der Waals surface area contributed by atoms with Crippen molar-refractivity contribution in [3.05, 3.63) is 65.2 Å². The van der Waals surface area contributed by atoms with Gasteiger partial charge in [0.25, 0.3) is 0 Å². The molecule has 152 valence electrons. The molecule has 0 saturated heterocycles. The molecule has 0 aromatic heterocycles. The molecule has 2 aromatic carbocycles. The Bertz CT molecular complexity index is 882. The summed E-state index contributed by atoms with van der Waals surface area (Å²) in [6.45, 7) is 6.46. The molecule has 8 heteroatoms. The van der Waals surface area contributed by atoms with Crippen molar-refractivity contribution in [3.63, 3.8) is 0 Å². The highest BCUT2D eigenvalue weighted by atomic mass is 79.9. The van der Waals surface area contributed by atoms with Gasteiger partial charge in [-0.1, -0.05) is 12.7 Å². The van der Waals surface area contributed by atoms with Crippen LogP contribution in [0.4, 0.5) is 5.69 Å². The van der Waals surface area contributed by atoms with E-state index in [1.165, 1.54) is 6.21 Å². The van der Waals surface area contributed by atoms with E-state index in [1.54, 1.807) is 48.5 Å². The second-order valence-electron chi connectivity index (χ2n) is 5.77.